The fourth-order valence-corrected chi connectivity index (χ4v) is 7.63. The fraction of sp³-hybridized carbons (Fsp3) is 0.100. The Kier molecular flexibility index (Phi) is 5.10. The highest BCUT2D eigenvalue weighted by atomic mass is 16.2. The van der Waals surface area contributed by atoms with Gasteiger partial charge in [-0.15, -0.1) is 0 Å². The number of hydrogen-bond acceptors (Lipinski definition) is 4. The van der Waals surface area contributed by atoms with Crippen molar-refractivity contribution in [2.45, 2.75) is 13.8 Å². The number of imide groups is 2. The van der Waals surface area contributed by atoms with Crippen LogP contribution in [0.5, 0.6) is 0 Å². The van der Waals surface area contributed by atoms with Crippen LogP contribution < -0.4 is 0 Å². The van der Waals surface area contributed by atoms with Crippen LogP contribution in [-0.4, -0.2) is 47.5 Å². The number of nitrogens with zero attached hydrogens (tertiary/aromatic N) is 2. The molecule has 220 valence electrons. The minimum Gasteiger partial charge on any atom is -0.277 e. The van der Waals surface area contributed by atoms with Crippen molar-refractivity contribution in [1.29, 1.82) is 0 Å². The van der Waals surface area contributed by atoms with E-state index in [0.29, 0.717) is 33.0 Å². The summed E-state index contributed by atoms with van der Waals surface area (Å²) in [4.78, 5) is 57.1. The highest BCUT2D eigenvalue weighted by Crippen LogP contribution is 2.51. The lowest BCUT2D eigenvalue weighted by Gasteiger charge is -2.30. The Hall–Kier alpha value is -5.88. The Morgan fingerprint density at radius 2 is 0.717 bits per heavy atom. The molecule has 0 atom stereocenters. The average Bonchev–Trinajstić information content (AvgIpc) is 3.07. The molecule has 9 rings (SSSR count). The predicted molar refractivity (Wildman–Crippen MR) is 181 cm³/mol. The van der Waals surface area contributed by atoms with Gasteiger partial charge < -0.3 is 0 Å². The van der Waals surface area contributed by atoms with Crippen molar-refractivity contribution in [2.75, 3.05) is 14.1 Å². The predicted octanol–water partition coefficient (Wildman–Crippen LogP) is 8.14. The Labute approximate surface area is 263 Å². The molecule has 7 aromatic rings. The Morgan fingerprint density at radius 3 is 1.09 bits per heavy atom. The highest BCUT2D eigenvalue weighted by Gasteiger charge is 2.36. The maximum absolute atomic E-state index is 13.8. The molecule has 46 heavy (non-hydrogen) atoms. The molecule has 0 saturated carbocycles. The van der Waals surface area contributed by atoms with Crippen LogP contribution in [0.25, 0.3) is 65.3 Å². The topological polar surface area (TPSA) is 74.8 Å². The van der Waals surface area contributed by atoms with E-state index in [9.17, 15) is 19.2 Å². The summed E-state index contributed by atoms with van der Waals surface area (Å²) >= 11 is 0. The first-order chi connectivity index (χ1) is 22.2. The van der Waals surface area contributed by atoms with E-state index in [2.05, 4.69) is 0 Å². The van der Waals surface area contributed by atoms with E-state index in [-0.39, 0.29) is 23.6 Å². The Morgan fingerprint density at radius 1 is 0.370 bits per heavy atom. The van der Waals surface area contributed by atoms with Crippen molar-refractivity contribution in [1.82, 2.24) is 9.80 Å². The molecule has 0 spiro atoms. The van der Waals surface area contributed by atoms with Crippen LogP contribution in [0, 0.1) is 13.8 Å². The van der Waals surface area contributed by atoms with Gasteiger partial charge in [-0.25, -0.2) is 0 Å². The smallest absolute Gasteiger partial charge is 0.261 e. The van der Waals surface area contributed by atoms with Crippen LogP contribution in [0.4, 0.5) is 0 Å². The van der Waals surface area contributed by atoms with E-state index in [1.807, 2.05) is 98.8 Å². The number of carbonyl (C=O) groups excluding carboxylic acids is 4. The van der Waals surface area contributed by atoms with Gasteiger partial charge in [0.1, 0.15) is 0 Å². The number of benzene rings is 7. The number of amides is 4. The van der Waals surface area contributed by atoms with Crippen LogP contribution in [0.1, 0.15) is 52.6 Å². The summed E-state index contributed by atoms with van der Waals surface area (Å²) in [6, 6.07) is 27.7. The zero-order valence-electron chi connectivity index (χ0n) is 25.6. The summed E-state index contributed by atoms with van der Waals surface area (Å²) in [6.07, 6.45) is 0. The third-order valence-corrected chi connectivity index (χ3v) is 9.97. The van der Waals surface area contributed by atoms with Crippen LogP contribution in [-0.2, 0) is 0 Å². The zero-order valence-corrected chi connectivity index (χ0v) is 25.6. The SMILES string of the molecule is Cc1ccc(-c2cc3c4c(ccc5c6c(-c7ccc(C)cc7)cc7c8c(ccc(c2c45)c86)C(=O)N(C)C7=O)C(=O)N(C)C3=O)cc1. The quantitative estimate of drug-likeness (QED) is 0.114. The molecular formula is C40H26N2O4. The van der Waals surface area contributed by atoms with Gasteiger partial charge >= 0.3 is 0 Å². The molecule has 4 amide bonds. The Balaban J connectivity index is 1.61. The molecule has 2 aliphatic rings. The van der Waals surface area contributed by atoms with E-state index >= 15 is 0 Å². The first-order valence-corrected chi connectivity index (χ1v) is 15.2. The van der Waals surface area contributed by atoms with Gasteiger partial charge in [-0.2, -0.15) is 0 Å². The van der Waals surface area contributed by atoms with Gasteiger partial charge in [0.05, 0.1) is 0 Å². The van der Waals surface area contributed by atoms with Gasteiger partial charge in [0.25, 0.3) is 23.6 Å². The zero-order chi connectivity index (χ0) is 31.8. The fourth-order valence-electron chi connectivity index (χ4n) is 7.63. The summed E-state index contributed by atoms with van der Waals surface area (Å²) in [5.74, 6) is -1.37. The molecular weight excluding hydrogens is 572 g/mol. The summed E-state index contributed by atoms with van der Waals surface area (Å²) < 4.78 is 0. The molecule has 2 aliphatic heterocycles. The first kappa shape index (κ1) is 26.5. The first-order valence-electron chi connectivity index (χ1n) is 15.2. The van der Waals surface area contributed by atoms with Crippen molar-refractivity contribution >= 4 is 66.7 Å². The second-order valence-corrected chi connectivity index (χ2v) is 12.6. The van der Waals surface area contributed by atoms with Gasteiger partial charge in [-0.1, -0.05) is 71.8 Å². The van der Waals surface area contributed by atoms with Crippen molar-refractivity contribution in [3.05, 3.63) is 118 Å². The molecule has 6 nitrogen and oxygen atoms in total. The van der Waals surface area contributed by atoms with Gasteiger partial charge in [0, 0.05) is 47.1 Å². The summed E-state index contributed by atoms with van der Waals surface area (Å²) in [5, 5.41) is 6.42. The molecule has 7 aromatic carbocycles. The Bertz CT molecular complexity index is 2400. The third-order valence-electron chi connectivity index (χ3n) is 9.97. The van der Waals surface area contributed by atoms with Gasteiger partial charge in [-0.3, -0.25) is 29.0 Å². The normalized spacial score (nSPS) is 14.6. The van der Waals surface area contributed by atoms with E-state index in [4.69, 9.17) is 0 Å². The lowest BCUT2D eigenvalue weighted by molar-refractivity contribution is 0.0635. The highest BCUT2D eigenvalue weighted by molar-refractivity contribution is 6.44. The number of rotatable bonds is 2. The third kappa shape index (κ3) is 3.20. The lowest BCUT2D eigenvalue weighted by atomic mass is 9.78. The minimum atomic E-state index is -0.344. The van der Waals surface area contributed by atoms with Crippen LogP contribution >= 0.6 is 0 Å². The standard InChI is InChI=1S/C40H26N2O4/c1-19-5-9-21(10-6-19)27-17-29-33-25(37(43)41(3)39(29)45)16-14-24-32-28(22-11-7-20(2)8-12-22)18-30-34-26(38(44)42(4)40(30)46)15-13-23(36(32)34)31(27)35(24)33/h5-18H,1-4H3. The van der Waals surface area contributed by atoms with E-state index in [0.717, 1.165) is 65.7 Å². The molecule has 0 saturated heterocycles. The molecule has 0 aromatic heterocycles. The van der Waals surface area contributed by atoms with Crippen LogP contribution in [0.2, 0.25) is 0 Å². The van der Waals surface area contributed by atoms with Crippen molar-refractivity contribution in [3.63, 3.8) is 0 Å². The van der Waals surface area contributed by atoms with Crippen molar-refractivity contribution in [3.8, 4) is 22.3 Å². The monoisotopic (exact) mass is 598 g/mol. The molecule has 6 heteroatoms. The number of aryl methyl sites for hydroxylation is 2. The number of carbonyl (C=O) groups is 4. The lowest BCUT2D eigenvalue weighted by Crippen LogP contribution is -2.37. The van der Waals surface area contributed by atoms with Crippen molar-refractivity contribution < 1.29 is 19.2 Å². The van der Waals surface area contributed by atoms with Crippen LogP contribution in [0.3, 0.4) is 0 Å². The summed E-state index contributed by atoms with van der Waals surface area (Å²) in [6.45, 7) is 4.06. The van der Waals surface area contributed by atoms with Crippen LogP contribution in [0.15, 0.2) is 84.9 Å². The molecule has 0 fully saturated rings. The van der Waals surface area contributed by atoms with E-state index in [1.165, 1.54) is 23.9 Å². The molecule has 2 heterocycles. The average molecular weight is 599 g/mol. The molecule has 0 unspecified atom stereocenters. The second kappa shape index (κ2) is 8.86. The molecule has 0 N–H and O–H groups in total. The number of hydrogen-bond donors (Lipinski definition) is 0. The van der Waals surface area contributed by atoms with E-state index in [1.54, 1.807) is 0 Å². The maximum atomic E-state index is 13.8. The van der Waals surface area contributed by atoms with E-state index < -0.39 is 0 Å². The molecule has 0 aliphatic carbocycles. The summed E-state index contributed by atoms with van der Waals surface area (Å²) in [5.41, 5.74) is 7.69. The van der Waals surface area contributed by atoms with Gasteiger partial charge in [0.15, 0.2) is 0 Å². The largest absolute Gasteiger partial charge is 0.277 e. The molecule has 0 bridgehead atoms. The maximum Gasteiger partial charge on any atom is 0.261 e. The van der Waals surface area contributed by atoms with Gasteiger partial charge in [-0.05, 0) is 92.7 Å². The summed E-state index contributed by atoms with van der Waals surface area (Å²) in [7, 11) is 3.05. The minimum absolute atomic E-state index is 0.341. The molecule has 0 radical (unpaired) electrons. The van der Waals surface area contributed by atoms with Gasteiger partial charge in [0.2, 0.25) is 0 Å². The number of fused-ring (bicyclic) bond motifs is 2. The second-order valence-electron chi connectivity index (χ2n) is 12.6. The van der Waals surface area contributed by atoms with Crippen molar-refractivity contribution in [2.24, 2.45) is 0 Å².